The molecule has 0 bridgehead atoms. The fourth-order valence-electron chi connectivity index (χ4n) is 2.82. The van der Waals surface area contributed by atoms with Gasteiger partial charge < -0.3 is 4.74 Å². The van der Waals surface area contributed by atoms with Crippen molar-refractivity contribution in [1.29, 1.82) is 0 Å². The zero-order valence-electron chi connectivity index (χ0n) is 13.0. The first-order valence-corrected chi connectivity index (χ1v) is 7.31. The molecule has 2 nitrogen and oxygen atoms in total. The van der Waals surface area contributed by atoms with Crippen molar-refractivity contribution < 1.29 is 9.53 Å². The second kappa shape index (κ2) is 5.64. The number of rotatable bonds is 3. The molecule has 3 rings (SSSR count). The third-order valence-corrected chi connectivity index (χ3v) is 3.94. The third-order valence-electron chi connectivity index (χ3n) is 3.94. The molecule has 0 unspecified atom stereocenters. The van der Waals surface area contributed by atoms with E-state index in [4.69, 9.17) is 4.74 Å². The topological polar surface area (TPSA) is 26.3 Å². The van der Waals surface area contributed by atoms with Crippen molar-refractivity contribution in [3.05, 3.63) is 65.2 Å². The number of aryl methyl sites for hydroxylation is 3. The summed E-state index contributed by atoms with van der Waals surface area (Å²) in [5.74, 6) is 0.601. The minimum Gasteiger partial charge on any atom is -0.428 e. The number of fused-ring (bicyclic) bond motifs is 1. The van der Waals surface area contributed by atoms with Crippen LogP contribution in [0.3, 0.4) is 0 Å². The lowest BCUT2D eigenvalue weighted by Gasteiger charge is -2.13. The fourth-order valence-corrected chi connectivity index (χ4v) is 2.82. The zero-order valence-corrected chi connectivity index (χ0v) is 13.0. The molecule has 0 heterocycles. The average Bonchev–Trinajstić information content (AvgIpc) is 2.47. The molecule has 3 aromatic rings. The second-order valence-corrected chi connectivity index (χ2v) is 5.73. The van der Waals surface area contributed by atoms with Crippen LogP contribution in [0.2, 0.25) is 0 Å². The van der Waals surface area contributed by atoms with Gasteiger partial charge in [-0.15, -0.1) is 0 Å². The van der Waals surface area contributed by atoms with E-state index in [9.17, 15) is 4.79 Å². The molecule has 0 aliphatic rings. The summed E-state index contributed by atoms with van der Waals surface area (Å²) in [5.41, 5.74) is 5.51. The highest BCUT2D eigenvalue weighted by Gasteiger charge is 2.11. The molecule has 0 atom stereocenters. The summed E-state index contributed by atoms with van der Waals surface area (Å²) in [5, 5.41) is 2.41. The largest absolute Gasteiger partial charge is 0.428 e. The Morgan fingerprint density at radius 3 is 2.27 bits per heavy atom. The maximum absolute atomic E-state index is 10.8. The van der Waals surface area contributed by atoms with Gasteiger partial charge in [-0.05, 0) is 60.4 Å². The van der Waals surface area contributed by atoms with Crippen LogP contribution in [-0.4, -0.2) is 6.47 Å². The summed E-state index contributed by atoms with van der Waals surface area (Å²) >= 11 is 0. The van der Waals surface area contributed by atoms with Crippen LogP contribution in [0, 0.1) is 20.8 Å². The Morgan fingerprint density at radius 1 is 0.773 bits per heavy atom. The highest BCUT2D eigenvalue weighted by molar-refractivity contribution is 5.90. The van der Waals surface area contributed by atoms with E-state index in [2.05, 4.69) is 44.2 Å². The Kier molecular flexibility index (Phi) is 3.68. The first-order valence-electron chi connectivity index (χ1n) is 7.31. The van der Waals surface area contributed by atoms with Crippen LogP contribution in [0.4, 0.5) is 0 Å². The van der Waals surface area contributed by atoms with Gasteiger partial charge in [0.1, 0.15) is 5.75 Å². The molecule has 0 fully saturated rings. The van der Waals surface area contributed by atoms with Crippen LogP contribution in [0.15, 0.2) is 48.5 Å². The van der Waals surface area contributed by atoms with Crippen molar-refractivity contribution in [2.24, 2.45) is 0 Å². The van der Waals surface area contributed by atoms with E-state index < -0.39 is 0 Å². The summed E-state index contributed by atoms with van der Waals surface area (Å²) in [4.78, 5) is 10.8. The molecule has 0 saturated heterocycles. The first-order chi connectivity index (χ1) is 10.6. The van der Waals surface area contributed by atoms with E-state index in [0.717, 1.165) is 22.3 Å². The minimum absolute atomic E-state index is 0.484. The number of hydrogen-bond donors (Lipinski definition) is 0. The number of ether oxygens (including phenoxy) is 1. The summed E-state index contributed by atoms with van der Waals surface area (Å²) in [7, 11) is 0. The molecule has 0 radical (unpaired) electrons. The summed E-state index contributed by atoms with van der Waals surface area (Å²) in [6.07, 6.45) is 0. The van der Waals surface area contributed by atoms with Crippen LogP contribution >= 0.6 is 0 Å². The number of carbonyl (C=O) groups excluding carboxylic acids is 1. The van der Waals surface area contributed by atoms with E-state index in [0.29, 0.717) is 12.2 Å². The summed E-state index contributed by atoms with van der Waals surface area (Å²) in [6.45, 7) is 6.65. The van der Waals surface area contributed by atoms with Gasteiger partial charge >= 0.3 is 0 Å². The monoisotopic (exact) mass is 290 g/mol. The molecule has 0 aliphatic heterocycles. The highest BCUT2D eigenvalue weighted by Crippen LogP contribution is 2.35. The van der Waals surface area contributed by atoms with Gasteiger partial charge in [0.2, 0.25) is 0 Å². The van der Waals surface area contributed by atoms with E-state index in [1.165, 1.54) is 16.3 Å². The molecule has 3 aromatic carbocycles. The molecule has 0 amide bonds. The molecule has 22 heavy (non-hydrogen) atoms. The average molecular weight is 290 g/mol. The maximum Gasteiger partial charge on any atom is 0.298 e. The van der Waals surface area contributed by atoms with E-state index in [1.54, 1.807) is 0 Å². The quantitative estimate of drug-likeness (QED) is 0.637. The van der Waals surface area contributed by atoms with Crippen LogP contribution in [0.5, 0.6) is 5.75 Å². The van der Waals surface area contributed by atoms with E-state index in [-0.39, 0.29) is 0 Å². The normalized spacial score (nSPS) is 10.7. The molecule has 0 spiro atoms. The Labute approximate surface area is 130 Å². The van der Waals surface area contributed by atoms with Crippen molar-refractivity contribution >= 4 is 17.2 Å². The number of hydrogen-bond acceptors (Lipinski definition) is 2. The summed E-state index contributed by atoms with van der Waals surface area (Å²) in [6, 6.07) is 16.7. The van der Waals surface area contributed by atoms with Crippen molar-refractivity contribution in [1.82, 2.24) is 0 Å². The lowest BCUT2D eigenvalue weighted by Crippen LogP contribution is -1.94. The van der Waals surface area contributed by atoms with Gasteiger partial charge in [0.15, 0.2) is 0 Å². The van der Waals surface area contributed by atoms with Gasteiger partial charge in [0, 0.05) is 5.56 Å². The van der Waals surface area contributed by atoms with E-state index >= 15 is 0 Å². The van der Waals surface area contributed by atoms with Gasteiger partial charge in [-0.3, -0.25) is 4.79 Å². The standard InChI is InChI=1S/C20H18O2/c1-13-4-6-16-11-19(15(3)10-17(16)8-13)18-7-5-14(2)9-20(18)22-12-21/h4-12H,1-3H3. The molecular weight excluding hydrogens is 272 g/mol. The van der Waals surface area contributed by atoms with Crippen LogP contribution in [0.1, 0.15) is 16.7 Å². The van der Waals surface area contributed by atoms with Gasteiger partial charge in [-0.2, -0.15) is 0 Å². The predicted molar refractivity (Wildman–Crippen MR) is 90.3 cm³/mol. The second-order valence-electron chi connectivity index (χ2n) is 5.73. The number of carbonyl (C=O) groups is 1. The Balaban J connectivity index is 2.23. The van der Waals surface area contributed by atoms with Gasteiger partial charge in [0.25, 0.3) is 6.47 Å². The Morgan fingerprint density at radius 2 is 1.50 bits per heavy atom. The zero-order chi connectivity index (χ0) is 15.7. The minimum atomic E-state index is 0.484. The Hall–Kier alpha value is -2.61. The van der Waals surface area contributed by atoms with Gasteiger partial charge in [0.05, 0.1) is 0 Å². The molecule has 0 aliphatic carbocycles. The maximum atomic E-state index is 10.8. The molecular formula is C20H18O2. The molecule has 0 saturated carbocycles. The lowest BCUT2D eigenvalue weighted by atomic mass is 9.94. The summed E-state index contributed by atoms with van der Waals surface area (Å²) < 4.78 is 5.18. The fraction of sp³-hybridized carbons (Fsp3) is 0.150. The molecule has 110 valence electrons. The molecule has 0 aromatic heterocycles. The van der Waals surface area contributed by atoms with Crippen LogP contribution in [0.25, 0.3) is 21.9 Å². The highest BCUT2D eigenvalue weighted by atomic mass is 16.5. The predicted octanol–water partition coefficient (Wildman–Crippen LogP) is 4.97. The van der Waals surface area contributed by atoms with Crippen LogP contribution < -0.4 is 4.74 Å². The molecule has 2 heteroatoms. The molecule has 0 N–H and O–H groups in total. The third kappa shape index (κ3) is 2.60. The van der Waals surface area contributed by atoms with Gasteiger partial charge in [-0.1, -0.05) is 42.0 Å². The van der Waals surface area contributed by atoms with E-state index in [1.807, 2.05) is 25.1 Å². The van der Waals surface area contributed by atoms with Crippen molar-refractivity contribution in [2.45, 2.75) is 20.8 Å². The SMILES string of the molecule is Cc1ccc(-c2cc3ccc(C)cc3cc2C)c(OC=O)c1. The van der Waals surface area contributed by atoms with Crippen molar-refractivity contribution in [3.63, 3.8) is 0 Å². The Bertz CT molecular complexity index is 863. The van der Waals surface area contributed by atoms with Crippen molar-refractivity contribution in [2.75, 3.05) is 0 Å². The van der Waals surface area contributed by atoms with Gasteiger partial charge in [-0.25, -0.2) is 0 Å². The smallest absolute Gasteiger partial charge is 0.298 e. The van der Waals surface area contributed by atoms with Crippen LogP contribution in [-0.2, 0) is 4.79 Å². The van der Waals surface area contributed by atoms with Crippen molar-refractivity contribution in [3.8, 4) is 16.9 Å². The number of benzene rings is 3. The first kappa shape index (κ1) is 14.3. The lowest BCUT2D eigenvalue weighted by molar-refractivity contribution is -0.120.